The average molecular weight is 423 g/mol. The van der Waals surface area contributed by atoms with Crippen LogP contribution in [0.5, 0.6) is 5.75 Å². The molecule has 0 amide bonds. The third kappa shape index (κ3) is 5.68. The highest BCUT2D eigenvalue weighted by Gasteiger charge is 2.39. The highest BCUT2D eigenvalue weighted by Crippen LogP contribution is 2.41. The van der Waals surface area contributed by atoms with Gasteiger partial charge in [0, 0.05) is 38.6 Å². The summed E-state index contributed by atoms with van der Waals surface area (Å²) in [6.07, 6.45) is 5.34. The van der Waals surface area contributed by atoms with Gasteiger partial charge in [-0.3, -0.25) is 0 Å². The first-order valence-corrected chi connectivity index (χ1v) is 12.0. The highest BCUT2D eigenvalue weighted by molar-refractivity contribution is 5.32. The Hall–Kier alpha value is -1.88. The second-order valence-corrected chi connectivity index (χ2v) is 9.56. The van der Waals surface area contributed by atoms with E-state index >= 15 is 0 Å². The molecule has 2 aromatic rings. The molecule has 1 saturated carbocycles. The smallest absolute Gasteiger partial charge is 0.121 e. The lowest BCUT2D eigenvalue weighted by Crippen LogP contribution is -2.50. The molecule has 168 valence electrons. The summed E-state index contributed by atoms with van der Waals surface area (Å²) in [6, 6.07) is 18.9. The second-order valence-electron chi connectivity index (χ2n) is 9.56. The fourth-order valence-corrected chi connectivity index (χ4v) is 5.16. The van der Waals surface area contributed by atoms with Gasteiger partial charge in [0.2, 0.25) is 0 Å². The van der Waals surface area contributed by atoms with Crippen LogP contribution in [0.15, 0.2) is 54.6 Å². The molecule has 2 aliphatic rings. The van der Waals surface area contributed by atoms with E-state index in [1.165, 1.54) is 17.5 Å². The van der Waals surface area contributed by atoms with Crippen LogP contribution in [0.2, 0.25) is 0 Å². The van der Waals surface area contributed by atoms with Crippen LogP contribution in [0.25, 0.3) is 0 Å². The van der Waals surface area contributed by atoms with Crippen molar-refractivity contribution in [3.8, 4) is 5.75 Å². The zero-order valence-electron chi connectivity index (χ0n) is 19.2. The van der Waals surface area contributed by atoms with E-state index in [1.54, 1.807) is 0 Å². The molecular weight excluding hydrogens is 384 g/mol. The topological polar surface area (TPSA) is 35.9 Å². The fourth-order valence-electron chi connectivity index (χ4n) is 5.16. The van der Waals surface area contributed by atoms with Crippen LogP contribution in [0.1, 0.15) is 62.2 Å². The Morgan fingerprint density at radius 3 is 2.16 bits per heavy atom. The molecule has 0 radical (unpaired) electrons. The standard InChI is InChI=1S/C27H38N2O2/c1-22(23-9-5-3-6-10-23)31-25-13-11-24(12-14-25)26(27(30)15-7-4-8-16-27)21-29-19-17-28(2)18-20-29/h3,5-6,9-14,22,26,30H,4,7-8,15-21H2,1-2H3/t22-,26?/m1/s1. The van der Waals surface area contributed by atoms with E-state index in [4.69, 9.17) is 4.74 Å². The molecule has 2 atom stereocenters. The van der Waals surface area contributed by atoms with Gasteiger partial charge >= 0.3 is 0 Å². The van der Waals surface area contributed by atoms with Crippen molar-refractivity contribution in [1.29, 1.82) is 0 Å². The maximum Gasteiger partial charge on any atom is 0.121 e. The number of ether oxygens (including phenoxy) is 1. The predicted molar refractivity (Wildman–Crippen MR) is 127 cm³/mol. The van der Waals surface area contributed by atoms with Crippen LogP contribution in [-0.2, 0) is 0 Å². The van der Waals surface area contributed by atoms with Crippen LogP contribution in [0.4, 0.5) is 0 Å². The normalized spacial score (nSPS) is 22.0. The molecule has 0 bridgehead atoms. The summed E-state index contributed by atoms with van der Waals surface area (Å²) in [5, 5.41) is 11.7. The Balaban J connectivity index is 1.49. The molecule has 4 nitrogen and oxygen atoms in total. The summed E-state index contributed by atoms with van der Waals surface area (Å²) in [5.74, 6) is 1.03. The van der Waals surface area contributed by atoms with Crippen molar-refractivity contribution in [2.24, 2.45) is 0 Å². The minimum atomic E-state index is -0.596. The molecule has 31 heavy (non-hydrogen) atoms. The van der Waals surface area contributed by atoms with Crippen molar-refractivity contribution in [3.05, 3.63) is 65.7 Å². The Morgan fingerprint density at radius 2 is 1.52 bits per heavy atom. The Kier molecular flexibility index (Phi) is 7.31. The number of aliphatic hydroxyl groups is 1. The van der Waals surface area contributed by atoms with E-state index in [0.29, 0.717) is 0 Å². The van der Waals surface area contributed by atoms with E-state index in [9.17, 15) is 5.11 Å². The summed E-state index contributed by atoms with van der Waals surface area (Å²) in [6.45, 7) is 7.40. The van der Waals surface area contributed by atoms with E-state index in [-0.39, 0.29) is 12.0 Å². The van der Waals surface area contributed by atoms with Gasteiger partial charge in [-0.05, 0) is 50.1 Å². The van der Waals surface area contributed by atoms with Crippen molar-refractivity contribution >= 4 is 0 Å². The molecule has 1 saturated heterocycles. The first kappa shape index (κ1) is 22.3. The zero-order valence-corrected chi connectivity index (χ0v) is 19.2. The Labute approximate surface area is 187 Å². The van der Waals surface area contributed by atoms with E-state index in [1.807, 2.05) is 18.2 Å². The molecule has 2 fully saturated rings. The molecule has 4 heteroatoms. The molecule has 1 unspecified atom stereocenters. The maximum absolute atomic E-state index is 11.7. The van der Waals surface area contributed by atoms with Crippen LogP contribution in [0, 0.1) is 0 Å². The minimum Gasteiger partial charge on any atom is -0.486 e. The lowest BCUT2D eigenvalue weighted by molar-refractivity contribution is -0.0337. The van der Waals surface area contributed by atoms with E-state index < -0.39 is 5.60 Å². The first-order valence-electron chi connectivity index (χ1n) is 12.0. The van der Waals surface area contributed by atoms with Gasteiger partial charge in [0.05, 0.1) is 5.60 Å². The van der Waals surface area contributed by atoms with Crippen molar-refractivity contribution in [3.63, 3.8) is 0 Å². The van der Waals surface area contributed by atoms with Gasteiger partial charge in [-0.15, -0.1) is 0 Å². The number of rotatable bonds is 7. The largest absolute Gasteiger partial charge is 0.486 e. The van der Waals surface area contributed by atoms with Gasteiger partial charge in [-0.25, -0.2) is 0 Å². The highest BCUT2D eigenvalue weighted by atomic mass is 16.5. The molecule has 1 N–H and O–H groups in total. The van der Waals surface area contributed by atoms with Gasteiger partial charge in [-0.1, -0.05) is 61.7 Å². The van der Waals surface area contributed by atoms with Gasteiger partial charge in [0.25, 0.3) is 0 Å². The monoisotopic (exact) mass is 422 g/mol. The fraction of sp³-hybridized carbons (Fsp3) is 0.556. The summed E-state index contributed by atoms with van der Waals surface area (Å²) >= 11 is 0. The minimum absolute atomic E-state index is 0.00992. The average Bonchev–Trinajstić information content (AvgIpc) is 2.80. The second kappa shape index (κ2) is 10.2. The summed E-state index contributed by atoms with van der Waals surface area (Å²) in [7, 11) is 2.19. The molecule has 1 aliphatic carbocycles. The van der Waals surface area contributed by atoms with Gasteiger partial charge in [0.15, 0.2) is 0 Å². The van der Waals surface area contributed by atoms with Crippen LogP contribution in [-0.4, -0.2) is 60.3 Å². The molecule has 2 aromatic carbocycles. The lowest BCUT2D eigenvalue weighted by Gasteiger charge is -2.43. The number of hydrogen-bond donors (Lipinski definition) is 1. The molecule has 4 rings (SSSR count). The van der Waals surface area contributed by atoms with E-state index in [2.05, 4.69) is 60.2 Å². The maximum atomic E-state index is 11.7. The van der Waals surface area contributed by atoms with Gasteiger partial charge in [-0.2, -0.15) is 0 Å². The number of likely N-dealkylation sites (N-methyl/N-ethyl adjacent to an activating group) is 1. The van der Waals surface area contributed by atoms with E-state index in [0.717, 1.165) is 64.2 Å². The van der Waals surface area contributed by atoms with Crippen LogP contribution >= 0.6 is 0 Å². The lowest BCUT2D eigenvalue weighted by atomic mass is 9.72. The number of hydrogen-bond acceptors (Lipinski definition) is 4. The third-order valence-electron chi connectivity index (χ3n) is 7.27. The van der Waals surface area contributed by atoms with Crippen LogP contribution < -0.4 is 4.74 Å². The predicted octanol–water partition coefficient (Wildman–Crippen LogP) is 4.85. The molecule has 1 heterocycles. The number of piperazine rings is 1. The molecule has 1 aliphatic heterocycles. The quantitative estimate of drug-likeness (QED) is 0.692. The van der Waals surface area contributed by atoms with Crippen LogP contribution in [0.3, 0.4) is 0 Å². The van der Waals surface area contributed by atoms with Crippen molar-refractivity contribution in [1.82, 2.24) is 9.80 Å². The van der Waals surface area contributed by atoms with Crippen molar-refractivity contribution in [2.45, 2.75) is 56.7 Å². The summed E-state index contributed by atoms with van der Waals surface area (Å²) < 4.78 is 6.19. The summed E-state index contributed by atoms with van der Waals surface area (Å²) in [4.78, 5) is 4.93. The van der Waals surface area contributed by atoms with Crippen molar-refractivity contribution < 1.29 is 9.84 Å². The SMILES string of the molecule is C[C@@H](Oc1ccc(C(CN2CCN(C)CC2)C2(O)CCCCC2)cc1)c1ccccc1. The van der Waals surface area contributed by atoms with Gasteiger partial charge < -0.3 is 19.6 Å². The third-order valence-corrected chi connectivity index (χ3v) is 7.27. The molecular formula is C27H38N2O2. The zero-order chi connectivity index (χ0) is 21.7. The molecule has 0 spiro atoms. The number of nitrogens with zero attached hydrogens (tertiary/aromatic N) is 2. The van der Waals surface area contributed by atoms with Crippen molar-refractivity contribution in [2.75, 3.05) is 39.8 Å². The Bertz CT molecular complexity index is 794. The van der Waals surface area contributed by atoms with Gasteiger partial charge in [0.1, 0.15) is 11.9 Å². The number of benzene rings is 2. The Morgan fingerprint density at radius 1 is 0.871 bits per heavy atom. The first-order chi connectivity index (χ1) is 15.0. The summed E-state index contributed by atoms with van der Waals surface area (Å²) in [5.41, 5.74) is 1.82. The molecule has 0 aromatic heterocycles.